The second-order valence-electron chi connectivity index (χ2n) is 7.62. The molecule has 162 valence electrons. The number of aryl methyl sites for hydroxylation is 1. The molecule has 0 bridgehead atoms. The summed E-state index contributed by atoms with van der Waals surface area (Å²) in [7, 11) is 3.55. The third kappa shape index (κ3) is 5.14. The number of amides is 2. The van der Waals surface area contributed by atoms with Crippen LogP contribution < -0.4 is 20.1 Å². The largest absolute Gasteiger partial charge is 0.497 e. The van der Waals surface area contributed by atoms with Crippen LogP contribution in [0.2, 0.25) is 0 Å². The lowest BCUT2D eigenvalue weighted by molar-refractivity contribution is -0.122. The fourth-order valence-corrected chi connectivity index (χ4v) is 3.36. The fraction of sp³-hybridized carbons (Fsp3) is 0.348. The Kier molecular flexibility index (Phi) is 6.06. The van der Waals surface area contributed by atoms with Crippen molar-refractivity contribution in [1.82, 2.24) is 14.9 Å². The SMILES string of the molecule is COc1ccc(OCC(=O)Nc2ccc3c(c2)nc(CCNC(=O)C2CC2)n3C)cc1. The van der Waals surface area contributed by atoms with Gasteiger partial charge in [-0.3, -0.25) is 9.59 Å². The number of aromatic nitrogens is 2. The van der Waals surface area contributed by atoms with E-state index in [1.165, 1.54) is 0 Å². The van der Waals surface area contributed by atoms with Gasteiger partial charge in [-0.05, 0) is 55.3 Å². The number of carbonyl (C=O) groups is 2. The van der Waals surface area contributed by atoms with Gasteiger partial charge in [0.2, 0.25) is 5.91 Å². The van der Waals surface area contributed by atoms with E-state index < -0.39 is 0 Å². The second kappa shape index (κ2) is 9.07. The Bertz CT molecular complexity index is 1090. The van der Waals surface area contributed by atoms with Crippen molar-refractivity contribution in [2.24, 2.45) is 13.0 Å². The topological polar surface area (TPSA) is 94.5 Å². The van der Waals surface area contributed by atoms with Crippen LogP contribution in [0.5, 0.6) is 11.5 Å². The lowest BCUT2D eigenvalue weighted by Crippen LogP contribution is -2.27. The first-order valence-electron chi connectivity index (χ1n) is 10.3. The Balaban J connectivity index is 1.33. The van der Waals surface area contributed by atoms with Gasteiger partial charge in [0.05, 0.1) is 18.1 Å². The Labute approximate surface area is 180 Å². The number of benzene rings is 2. The Morgan fingerprint density at radius 3 is 2.58 bits per heavy atom. The van der Waals surface area contributed by atoms with Crippen molar-refractivity contribution in [2.45, 2.75) is 19.3 Å². The predicted octanol–water partition coefficient (Wildman–Crippen LogP) is 2.67. The Morgan fingerprint density at radius 1 is 1.13 bits per heavy atom. The molecule has 8 nitrogen and oxygen atoms in total. The van der Waals surface area contributed by atoms with Crippen LogP contribution in [0.4, 0.5) is 5.69 Å². The number of hydrogen-bond donors (Lipinski definition) is 2. The van der Waals surface area contributed by atoms with Crippen molar-refractivity contribution < 1.29 is 19.1 Å². The first-order valence-corrected chi connectivity index (χ1v) is 10.3. The summed E-state index contributed by atoms with van der Waals surface area (Å²) < 4.78 is 12.6. The number of rotatable bonds is 9. The van der Waals surface area contributed by atoms with E-state index >= 15 is 0 Å². The van der Waals surface area contributed by atoms with Gasteiger partial charge in [0.15, 0.2) is 6.61 Å². The summed E-state index contributed by atoms with van der Waals surface area (Å²) in [5.74, 6) is 2.30. The van der Waals surface area contributed by atoms with Crippen LogP contribution in [-0.2, 0) is 23.1 Å². The molecule has 2 aromatic carbocycles. The van der Waals surface area contributed by atoms with E-state index in [1.54, 1.807) is 31.4 Å². The van der Waals surface area contributed by atoms with Crippen LogP contribution in [0.3, 0.4) is 0 Å². The van der Waals surface area contributed by atoms with Gasteiger partial charge in [-0.25, -0.2) is 4.98 Å². The monoisotopic (exact) mass is 422 g/mol. The van der Waals surface area contributed by atoms with Gasteiger partial charge in [0, 0.05) is 31.6 Å². The molecule has 1 fully saturated rings. The van der Waals surface area contributed by atoms with Crippen molar-refractivity contribution in [2.75, 3.05) is 25.6 Å². The quantitative estimate of drug-likeness (QED) is 0.553. The molecular formula is C23H26N4O4. The molecule has 2 N–H and O–H groups in total. The van der Waals surface area contributed by atoms with Crippen LogP contribution in [-0.4, -0.2) is 41.6 Å². The predicted molar refractivity (Wildman–Crippen MR) is 117 cm³/mol. The maximum Gasteiger partial charge on any atom is 0.262 e. The maximum absolute atomic E-state index is 12.3. The molecule has 4 rings (SSSR count). The lowest BCUT2D eigenvalue weighted by atomic mass is 10.2. The highest BCUT2D eigenvalue weighted by atomic mass is 16.5. The summed E-state index contributed by atoms with van der Waals surface area (Å²) in [6.45, 7) is 0.470. The molecule has 1 heterocycles. The molecule has 2 amide bonds. The molecule has 0 spiro atoms. The van der Waals surface area contributed by atoms with E-state index in [2.05, 4.69) is 15.6 Å². The average Bonchev–Trinajstić information content (AvgIpc) is 3.58. The molecule has 0 unspecified atom stereocenters. The van der Waals surface area contributed by atoms with Crippen molar-refractivity contribution in [3.8, 4) is 11.5 Å². The third-order valence-corrected chi connectivity index (χ3v) is 5.28. The standard InChI is InChI=1S/C23H26N4O4/c1-27-20-10-5-16(25-22(28)14-31-18-8-6-17(30-2)7-9-18)13-19(20)26-21(27)11-12-24-23(29)15-3-4-15/h5-10,13,15H,3-4,11-12,14H2,1-2H3,(H,24,29)(H,25,28). The highest BCUT2D eigenvalue weighted by molar-refractivity contribution is 5.94. The summed E-state index contributed by atoms with van der Waals surface area (Å²) in [5.41, 5.74) is 2.42. The van der Waals surface area contributed by atoms with Crippen molar-refractivity contribution in [1.29, 1.82) is 0 Å². The summed E-state index contributed by atoms with van der Waals surface area (Å²) in [6, 6.07) is 12.7. The van der Waals surface area contributed by atoms with Crippen molar-refractivity contribution in [3.05, 3.63) is 48.3 Å². The zero-order valence-electron chi connectivity index (χ0n) is 17.7. The van der Waals surface area contributed by atoms with Gasteiger partial charge >= 0.3 is 0 Å². The summed E-state index contributed by atoms with van der Waals surface area (Å²) >= 11 is 0. The zero-order chi connectivity index (χ0) is 21.8. The minimum absolute atomic E-state index is 0.0987. The molecular weight excluding hydrogens is 396 g/mol. The highest BCUT2D eigenvalue weighted by Gasteiger charge is 2.29. The van der Waals surface area contributed by atoms with E-state index in [0.717, 1.165) is 35.4 Å². The van der Waals surface area contributed by atoms with Crippen molar-refractivity contribution >= 4 is 28.5 Å². The molecule has 1 aromatic heterocycles. The molecule has 1 aliphatic rings. The molecule has 1 aliphatic carbocycles. The molecule has 1 saturated carbocycles. The number of nitrogens with zero attached hydrogens (tertiary/aromatic N) is 2. The Morgan fingerprint density at radius 2 is 1.87 bits per heavy atom. The number of ether oxygens (including phenoxy) is 2. The van der Waals surface area contributed by atoms with Gasteiger partial charge < -0.3 is 24.7 Å². The van der Waals surface area contributed by atoms with E-state index in [1.807, 2.05) is 29.8 Å². The van der Waals surface area contributed by atoms with Gasteiger partial charge in [0.25, 0.3) is 5.91 Å². The Hall–Kier alpha value is -3.55. The summed E-state index contributed by atoms with van der Waals surface area (Å²) in [4.78, 5) is 28.7. The van der Waals surface area contributed by atoms with Crippen LogP contribution in [0.1, 0.15) is 18.7 Å². The molecule has 8 heteroatoms. The molecule has 0 aliphatic heterocycles. The molecule has 0 radical (unpaired) electrons. The van der Waals surface area contributed by atoms with Crippen LogP contribution in [0.25, 0.3) is 11.0 Å². The highest BCUT2D eigenvalue weighted by Crippen LogP contribution is 2.28. The number of anilines is 1. The zero-order valence-corrected chi connectivity index (χ0v) is 17.7. The van der Waals surface area contributed by atoms with E-state index in [-0.39, 0.29) is 24.3 Å². The van der Waals surface area contributed by atoms with Crippen LogP contribution in [0, 0.1) is 5.92 Å². The molecule has 0 atom stereocenters. The van der Waals surface area contributed by atoms with Crippen LogP contribution in [0.15, 0.2) is 42.5 Å². The number of methoxy groups -OCH3 is 1. The van der Waals surface area contributed by atoms with Crippen LogP contribution >= 0.6 is 0 Å². The number of imidazole rings is 1. The first kappa shape index (κ1) is 20.7. The number of nitrogens with one attached hydrogen (secondary N) is 2. The first-order chi connectivity index (χ1) is 15.0. The summed E-state index contributed by atoms with van der Waals surface area (Å²) in [5, 5.41) is 5.80. The van der Waals surface area contributed by atoms with Crippen molar-refractivity contribution in [3.63, 3.8) is 0 Å². The van der Waals surface area contributed by atoms with E-state index in [0.29, 0.717) is 24.4 Å². The fourth-order valence-electron chi connectivity index (χ4n) is 3.36. The number of fused-ring (bicyclic) bond motifs is 1. The average molecular weight is 422 g/mol. The maximum atomic E-state index is 12.3. The second-order valence-corrected chi connectivity index (χ2v) is 7.62. The molecule has 3 aromatic rings. The molecule has 31 heavy (non-hydrogen) atoms. The van der Waals surface area contributed by atoms with Gasteiger partial charge in [-0.2, -0.15) is 0 Å². The van der Waals surface area contributed by atoms with Gasteiger partial charge in [0.1, 0.15) is 17.3 Å². The van der Waals surface area contributed by atoms with Gasteiger partial charge in [-0.15, -0.1) is 0 Å². The normalized spacial score (nSPS) is 13.1. The lowest BCUT2D eigenvalue weighted by Gasteiger charge is -2.08. The minimum atomic E-state index is -0.255. The van der Waals surface area contributed by atoms with Gasteiger partial charge in [-0.1, -0.05) is 0 Å². The van der Waals surface area contributed by atoms with E-state index in [9.17, 15) is 9.59 Å². The van der Waals surface area contributed by atoms with E-state index in [4.69, 9.17) is 9.47 Å². The summed E-state index contributed by atoms with van der Waals surface area (Å²) in [6.07, 6.45) is 2.65. The number of hydrogen-bond acceptors (Lipinski definition) is 5. The third-order valence-electron chi connectivity index (χ3n) is 5.28. The smallest absolute Gasteiger partial charge is 0.262 e. The minimum Gasteiger partial charge on any atom is -0.497 e. The molecule has 0 saturated heterocycles. The number of carbonyl (C=O) groups excluding carboxylic acids is 2.